The van der Waals surface area contributed by atoms with Gasteiger partial charge in [0.1, 0.15) is 11.6 Å². The molecule has 2 N–H and O–H groups in total. The average molecular weight is 227 g/mol. The predicted octanol–water partition coefficient (Wildman–Crippen LogP) is 0.224. The van der Waals surface area contributed by atoms with Gasteiger partial charge in [-0.3, -0.25) is 0 Å². The van der Waals surface area contributed by atoms with Crippen LogP contribution >= 0.6 is 11.3 Å². The van der Waals surface area contributed by atoms with Crippen LogP contribution in [0, 0.1) is 0 Å². The summed E-state index contributed by atoms with van der Waals surface area (Å²) >= 11 is 1.55. The molecule has 0 unspecified atom stereocenters. The van der Waals surface area contributed by atoms with Gasteiger partial charge in [-0.2, -0.15) is 9.61 Å². The first-order chi connectivity index (χ1) is 7.35. The minimum absolute atomic E-state index is 0.432. The fourth-order valence-corrected chi connectivity index (χ4v) is 2.16. The van der Waals surface area contributed by atoms with Crippen molar-refractivity contribution in [2.45, 2.75) is 19.4 Å². The van der Waals surface area contributed by atoms with Gasteiger partial charge in [0.2, 0.25) is 4.96 Å². The zero-order chi connectivity index (χ0) is 10.7. The van der Waals surface area contributed by atoms with Gasteiger partial charge in [-0.1, -0.05) is 11.3 Å². The number of rotatable bonds is 5. The Morgan fingerprint density at radius 2 is 2.33 bits per heavy atom. The van der Waals surface area contributed by atoms with Gasteiger partial charge in [0.25, 0.3) is 0 Å². The Labute approximate surface area is 91.1 Å². The highest BCUT2D eigenvalue weighted by molar-refractivity contribution is 7.16. The van der Waals surface area contributed by atoms with Crippen LogP contribution in [0.5, 0.6) is 0 Å². The van der Waals surface area contributed by atoms with E-state index in [1.165, 1.54) is 0 Å². The molecule has 0 atom stereocenters. The minimum Gasteiger partial charge on any atom is -0.377 e. The molecule has 6 nitrogen and oxygen atoms in total. The monoisotopic (exact) mass is 227 g/mol. The number of hydrogen-bond donors (Lipinski definition) is 1. The lowest BCUT2D eigenvalue weighted by atomic mass is 10.3. The summed E-state index contributed by atoms with van der Waals surface area (Å²) in [6.07, 6.45) is 1.85. The fraction of sp³-hybridized carbons (Fsp3) is 0.625. The molecule has 2 rings (SSSR count). The number of hydrogen-bond acceptors (Lipinski definition) is 6. The van der Waals surface area contributed by atoms with Crippen LogP contribution in [0.4, 0.5) is 0 Å². The predicted molar refractivity (Wildman–Crippen MR) is 56.7 cm³/mol. The molecular weight excluding hydrogens is 214 g/mol. The Morgan fingerprint density at radius 3 is 3.07 bits per heavy atom. The van der Waals surface area contributed by atoms with Gasteiger partial charge in [0.15, 0.2) is 5.82 Å². The van der Waals surface area contributed by atoms with Crippen molar-refractivity contribution < 1.29 is 4.74 Å². The van der Waals surface area contributed by atoms with Crippen molar-refractivity contribution in [3.8, 4) is 0 Å². The lowest BCUT2D eigenvalue weighted by molar-refractivity contribution is 0.176. The molecule has 0 aliphatic carbocycles. The molecular formula is C8H13N5OS. The van der Waals surface area contributed by atoms with Crippen LogP contribution in [-0.4, -0.2) is 33.5 Å². The van der Waals surface area contributed by atoms with Crippen molar-refractivity contribution >= 4 is 16.3 Å². The van der Waals surface area contributed by atoms with Crippen LogP contribution in [-0.2, 0) is 17.8 Å². The largest absolute Gasteiger partial charge is 0.377 e. The number of aryl methyl sites for hydroxylation is 1. The third-order valence-corrected chi connectivity index (χ3v) is 2.92. The first-order valence-electron chi connectivity index (χ1n) is 4.74. The highest BCUT2D eigenvalue weighted by Crippen LogP contribution is 2.15. The lowest BCUT2D eigenvalue weighted by Gasteiger charge is -1.93. The fourth-order valence-electron chi connectivity index (χ4n) is 1.27. The van der Waals surface area contributed by atoms with E-state index in [0.29, 0.717) is 13.2 Å². The summed E-state index contributed by atoms with van der Waals surface area (Å²) in [7, 11) is 1.63. The third-order valence-electron chi connectivity index (χ3n) is 1.97. The van der Waals surface area contributed by atoms with E-state index in [0.717, 1.165) is 28.6 Å². The summed E-state index contributed by atoms with van der Waals surface area (Å²) in [5, 5.41) is 13.4. The second-order valence-corrected chi connectivity index (χ2v) is 4.17. The Balaban J connectivity index is 2.22. The number of aromatic nitrogens is 4. The standard InChI is InChI=1S/C8H13N5OS/c1-14-5-6-10-11-8-13(6)12-7(15-8)3-2-4-9/h2-5,9H2,1H3. The Hall–Kier alpha value is -1.05. The van der Waals surface area contributed by atoms with E-state index in [-0.39, 0.29) is 0 Å². The molecule has 2 heterocycles. The van der Waals surface area contributed by atoms with Crippen molar-refractivity contribution in [1.29, 1.82) is 0 Å². The summed E-state index contributed by atoms with van der Waals surface area (Å²) in [5.74, 6) is 0.739. The smallest absolute Gasteiger partial charge is 0.234 e. The highest BCUT2D eigenvalue weighted by atomic mass is 32.1. The molecule has 0 saturated carbocycles. The van der Waals surface area contributed by atoms with Crippen LogP contribution in [0.2, 0.25) is 0 Å². The molecule has 0 spiro atoms. The molecule has 82 valence electrons. The van der Waals surface area contributed by atoms with Crippen molar-refractivity contribution in [1.82, 2.24) is 19.8 Å². The van der Waals surface area contributed by atoms with Crippen LogP contribution < -0.4 is 5.73 Å². The van der Waals surface area contributed by atoms with Crippen LogP contribution in [0.15, 0.2) is 0 Å². The van der Waals surface area contributed by atoms with E-state index in [2.05, 4.69) is 15.3 Å². The molecule has 0 amide bonds. The zero-order valence-corrected chi connectivity index (χ0v) is 9.33. The van der Waals surface area contributed by atoms with Crippen molar-refractivity contribution in [2.24, 2.45) is 5.73 Å². The van der Waals surface area contributed by atoms with Crippen molar-refractivity contribution in [3.05, 3.63) is 10.8 Å². The number of ether oxygens (including phenoxy) is 1. The Kier molecular flexibility index (Phi) is 3.24. The molecule has 15 heavy (non-hydrogen) atoms. The number of nitrogens with two attached hydrogens (primary N) is 1. The first kappa shape index (κ1) is 10.5. The molecule has 2 aromatic rings. The highest BCUT2D eigenvalue weighted by Gasteiger charge is 2.10. The van der Waals surface area contributed by atoms with Crippen molar-refractivity contribution in [2.75, 3.05) is 13.7 Å². The summed E-state index contributed by atoms with van der Waals surface area (Å²) in [5.41, 5.74) is 5.45. The van der Waals surface area contributed by atoms with Crippen LogP contribution in [0.3, 0.4) is 0 Å². The maximum atomic E-state index is 5.45. The van der Waals surface area contributed by atoms with E-state index >= 15 is 0 Å². The van der Waals surface area contributed by atoms with E-state index in [1.54, 1.807) is 23.0 Å². The van der Waals surface area contributed by atoms with Crippen LogP contribution in [0.25, 0.3) is 4.96 Å². The van der Waals surface area contributed by atoms with Gasteiger partial charge in [-0.05, 0) is 13.0 Å². The summed E-state index contributed by atoms with van der Waals surface area (Å²) in [4.78, 5) is 0.814. The summed E-state index contributed by atoms with van der Waals surface area (Å²) < 4.78 is 6.74. The SMILES string of the molecule is COCc1nnc2sc(CCCN)nn12. The first-order valence-corrected chi connectivity index (χ1v) is 5.56. The molecule has 0 bridgehead atoms. The summed E-state index contributed by atoms with van der Waals surface area (Å²) in [6.45, 7) is 1.12. The minimum atomic E-state index is 0.432. The maximum Gasteiger partial charge on any atom is 0.234 e. The van der Waals surface area contributed by atoms with Crippen LogP contribution in [0.1, 0.15) is 17.3 Å². The molecule has 0 fully saturated rings. The topological polar surface area (TPSA) is 78.3 Å². The zero-order valence-electron chi connectivity index (χ0n) is 8.51. The molecule has 0 aliphatic rings. The molecule has 0 aliphatic heterocycles. The van der Waals surface area contributed by atoms with E-state index in [4.69, 9.17) is 10.5 Å². The number of fused-ring (bicyclic) bond motifs is 1. The van der Waals surface area contributed by atoms with Gasteiger partial charge in [-0.15, -0.1) is 10.2 Å². The summed E-state index contributed by atoms with van der Waals surface area (Å²) in [6, 6.07) is 0. The van der Waals surface area contributed by atoms with Gasteiger partial charge >= 0.3 is 0 Å². The second kappa shape index (κ2) is 4.65. The number of nitrogens with zero attached hydrogens (tertiary/aromatic N) is 4. The van der Waals surface area contributed by atoms with E-state index < -0.39 is 0 Å². The molecule has 0 radical (unpaired) electrons. The third kappa shape index (κ3) is 2.14. The van der Waals surface area contributed by atoms with Gasteiger partial charge < -0.3 is 10.5 Å². The van der Waals surface area contributed by atoms with E-state index in [1.807, 2.05) is 0 Å². The Bertz CT molecular complexity index is 437. The number of methoxy groups -OCH3 is 1. The Morgan fingerprint density at radius 1 is 1.47 bits per heavy atom. The molecule has 0 aromatic carbocycles. The van der Waals surface area contributed by atoms with Gasteiger partial charge in [0, 0.05) is 13.5 Å². The molecule has 2 aromatic heterocycles. The normalized spacial score (nSPS) is 11.3. The van der Waals surface area contributed by atoms with Crippen molar-refractivity contribution in [3.63, 3.8) is 0 Å². The maximum absolute atomic E-state index is 5.45. The van der Waals surface area contributed by atoms with Gasteiger partial charge in [-0.25, -0.2) is 0 Å². The lowest BCUT2D eigenvalue weighted by Crippen LogP contribution is -2.01. The second-order valence-electron chi connectivity index (χ2n) is 3.13. The quantitative estimate of drug-likeness (QED) is 0.790. The molecule has 7 heteroatoms. The van der Waals surface area contributed by atoms with Gasteiger partial charge in [0.05, 0.1) is 0 Å². The van der Waals surface area contributed by atoms with E-state index in [9.17, 15) is 0 Å². The molecule has 0 saturated heterocycles. The average Bonchev–Trinajstić information content (AvgIpc) is 2.77.